The van der Waals surface area contributed by atoms with E-state index in [1.165, 1.54) is 6.08 Å². The summed E-state index contributed by atoms with van der Waals surface area (Å²) in [5.41, 5.74) is 0.615. The van der Waals surface area contributed by atoms with Crippen LogP contribution in [-0.2, 0) is 19.1 Å². The number of rotatable bonds is 4. The fraction of sp³-hybridized carbons (Fsp3) is 0.333. The molecule has 1 saturated carbocycles. The summed E-state index contributed by atoms with van der Waals surface area (Å²) in [6.45, 7) is 4.00. The predicted octanol–water partition coefficient (Wildman–Crippen LogP) is 3.01. The molecule has 3 rings (SSSR count). The molecule has 2 aliphatic rings. The Labute approximate surface area is 134 Å². The molecule has 1 spiro atoms. The third-order valence-electron chi connectivity index (χ3n) is 3.92. The van der Waals surface area contributed by atoms with Crippen molar-refractivity contribution in [2.24, 2.45) is 0 Å². The third kappa shape index (κ3) is 3.28. The summed E-state index contributed by atoms with van der Waals surface area (Å²) in [6.07, 6.45) is 6.07. The van der Waals surface area contributed by atoms with E-state index < -0.39 is 17.7 Å². The maximum atomic E-state index is 12.2. The van der Waals surface area contributed by atoms with Crippen LogP contribution in [0.25, 0.3) is 6.08 Å². The second-order valence-electron chi connectivity index (χ2n) is 5.62. The van der Waals surface area contributed by atoms with E-state index in [0.717, 1.165) is 12.8 Å². The van der Waals surface area contributed by atoms with Crippen molar-refractivity contribution in [1.82, 2.24) is 0 Å². The van der Waals surface area contributed by atoms with Crippen molar-refractivity contribution in [2.45, 2.75) is 31.5 Å². The van der Waals surface area contributed by atoms with Crippen LogP contribution in [0.5, 0.6) is 5.75 Å². The van der Waals surface area contributed by atoms with Crippen molar-refractivity contribution in [2.75, 3.05) is 6.61 Å². The van der Waals surface area contributed by atoms with Gasteiger partial charge in [0.25, 0.3) is 5.79 Å². The van der Waals surface area contributed by atoms with E-state index in [0.29, 0.717) is 30.8 Å². The van der Waals surface area contributed by atoms with Gasteiger partial charge in [0.05, 0.1) is 0 Å². The van der Waals surface area contributed by atoms with Gasteiger partial charge in [-0.05, 0) is 36.6 Å². The average Bonchev–Trinajstić information content (AvgIpc) is 2.98. The number of benzene rings is 1. The lowest BCUT2D eigenvalue weighted by Gasteiger charge is -2.32. The van der Waals surface area contributed by atoms with Gasteiger partial charge in [0.1, 0.15) is 17.9 Å². The zero-order chi connectivity index (χ0) is 16.3. The lowest BCUT2D eigenvalue weighted by atomic mass is 10.1. The van der Waals surface area contributed by atoms with Crippen molar-refractivity contribution < 1.29 is 23.8 Å². The molecule has 0 amide bonds. The number of hydrogen-bond acceptors (Lipinski definition) is 5. The molecular formula is C18H18O5. The molecule has 23 heavy (non-hydrogen) atoms. The SMILES string of the molecule is C=CCOc1ccc(C=C2C(=O)OC3(CCCC3)OC2=O)cc1. The van der Waals surface area contributed by atoms with Crippen LogP contribution in [0.15, 0.2) is 42.5 Å². The van der Waals surface area contributed by atoms with Gasteiger partial charge in [0, 0.05) is 12.8 Å². The van der Waals surface area contributed by atoms with Crippen molar-refractivity contribution in [3.63, 3.8) is 0 Å². The number of esters is 2. The van der Waals surface area contributed by atoms with Gasteiger partial charge in [-0.1, -0.05) is 24.8 Å². The van der Waals surface area contributed by atoms with E-state index in [4.69, 9.17) is 14.2 Å². The van der Waals surface area contributed by atoms with Gasteiger partial charge >= 0.3 is 11.9 Å². The first-order valence-electron chi connectivity index (χ1n) is 7.64. The molecule has 120 valence electrons. The van der Waals surface area contributed by atoms with E-state index in [1.807, 2.05) is 0 Å². The molecule has 5 nitrogen and oxygen atoms in total. The Morgan fingerprint density at radius 3 is 2.26 bits per heavy atom. The van der Waals surface area contributed by atoms with Gasteiger partial charge in [-0.25, -0.2) is 9.59 Å². The summed E-state index contributed by atoms with van der Waals surface area (Å²) < 4.78 is 16.1. The van der Waals surface area contributed by atoms with Gasteiger partial charge < -0.3 is 14.2 Å². The Kier molecular flexibility index (Phi) is 4.19. The zero-order valence-electron chi connectivity index (χ0n) is 12.7. The van der Waals surface area contributed by atoms with Crippen LogP contribution in [0.1, 0.15) is 31.2 Å². The lowest BCUT2D eigenvalue weighted by Crippen LogP contribution is -2.44. The normalized spacial score (nSPS) is 19.2. The highest BCUT2D eigenvalue weighted by atomic mass is 16.7. The van der Waals surface area contributed by atoms with E-state index in [1.54, 1.807) is 30.3 Å². The van der Waals surface area contributed by atoms with Gasteiger partial charge in [-0.15, -0.1) is 0 Å². The van der Waals surface area contributed by atoms with Crippen LogP contribution in [0.4, 0.5) is 0 Å². The zero-order valence-corrected chi connectivity index (χ0v) is 12.7. The van der Waals surface area contributed by atoms with Crippen LogP contribution >= 0.6 is 0 Å². The average molecular weight is 314 g/mol. The minimum atomic E-state index is -1.03. The number of carbonyl (C=O) groups is 2. The Hall–Kier alpha value is -2.56. The highest BCUT2D eigenvalue weighted by Gasteiger charge is 2.47. The van der Waals surface area contributed by atoms with Crippen molar-refractivity contribution in [3.05, 3.63) is 48.1 Å². The van der Waals surface area contributed by atoms with E-state index in [2.05, 4.69) is 6.58 Å². The molecule has 0 radical (unpaired) electrons. The van der Waals surface area contributed by atoms with Crippen molar-refractivity contribution in [1.29, 1.82) is 0 Å². The Morgan fingerprint density at radius 1 is 1.09 bits per heavy atom. The van der Waals surface area contributed by atoms with Crippen LogP contribution in [0, 0.1) is 0 Å². The van der Waals surface area contributed by atoms with Crippen LogP contribution in [0.3, 0.4) is 0 Å². The van der Waals surface area contributed by atoms with E-state index in [9.17, 15) is 9.59 Å². The first kappa shape index (κ1) is 15.3. The monoisotopic (exact) mass is 314 g/mol. The fourth-order valence-corrected chi connectivity index (χ4v) is 2.77. The molecule has 1 aliphatic carbocycles. The predicted molar refractivity (Wildman–Crippen MR) is 83.5 cm³/mol. The topological polar surface area (TPSA) is 61.8 Å². The summed E-state index contributed by atoms with van der Waals surface area (Å²) >= 11 is 0. The molecule has 1 aromatic rings. The molecule has 0 unspecified atom stereocenters. The van der Waals surface area contributed by atoms with Gasteiger partial charge in [0.2, 0.25) is 0 Å². The first-order valence-corrected chi connectivity index (χ1v) is 7.64. The highest BCUT2D eigenvalue weighted by Crippen LogP contribution is 2.38. The van der Waals surface area contributed by atoms with Crippen LogP contribution in [-0.4, -0.2) is 24.3 Å². The van der Waals surface area contributed by atoms with Gasteiger partial charge in [0.15, 0.2) is 0 Å². The summed E-state index contributed by atoms with van der Waals surface area (Å²) in [5.74, 6) is -1.58. The second-order valence-corrected chi connectivity index (χ2v) is 5.62. The van der Waals surface area contributed by atoms with Crippen LogP contribution < -0.4 is 4.74 Å². The fourth-order valence-electron chi connectivity index (χ4n) is 2.77. The van der Waals surface area contributed by atoms with Gasteiger partial charge in [-0.3, -0.25) is 0 Å². The third-order valence-corrected chi connectivity index (χ3v) is 3.92. The molecular weight excluding hydrogens is 296 g/mol. The maximum absolute atomic E-state index is 12.2. The standard InChI is InChI=1S/C18H18O5/c1-2-11-21-14-7-5-13(6-8-14)12-15-16(19)22-18(23-17(15)20)9-3-4-10-18/h2,5-8,12H,1,3-4,9-11H2. The summed E-state index contributed by atoms with van der Waals surface area (Å²) in [7, 11) is 0. The summed E-state index contributed by atoms with van der Waals surface area (Å²) in [4.78, 5) is 24.3. The first-order chi connectivity index (χ1) is 11.1. The quantitative estimate of drug-likeness (QED) is 0.370. The Balaban J connectivity index is 1.75. The van der Waals surface area contributed by atoms with E-state index >= 15 is 0 Å². The highest BCUT2D eigenvalue weighted by molar-refractivity contribution is 6.18. The minimum absolute atomic E-state index is 0.0812. The molecule has 1 aliphatic heterocycles. The van der Waals surface area contributed by atoms with E-state index in [-0.39, 0.29) is 5.57 Å². The summed E-state index contributed by atoms with van der Waals surface area (Å²) in [6, 6.07) is 7.03. The molecule has 0 bridgehead atoms. The number of hydrogen-bond donors (Lipinski definition) is 0. The molecule has 1 aromatic carbocycles. The molecule has 0 atom stereocenters. The van der Waals surface area contributed by atoms with Crippen LogP contribution in [0.2, 0.25) is 0 Å². The molecule has 0 N–H and O–H groups in total. The summed E-state index contributed by atoms with van der Waals surface area (Å²) in [5, 5.41) is 0. The number of carbonyl (C=O) groups excluding carboxylic acids is 2. The molecule has 1 saturated heterocycles. The van der Waals surface area contributed by atoms with Gasteiger partial charge in [-0.2, -0.15) is 0 Å². The maximum Gasteiger partial charge on any atom is 0.348 e. The Bertz CT molecular complexity index is 628. The van der Waals surface area contributed by atoms with Crippen molar-refractivity contribution in [3.8, 4) is 5.75 Å². The number of ether oxygens (including phenoxy) is 3. The van der Waals surface area contributed by atoms with Crippen molar-refractivity contribution >= 4 is 18.0 Å². The molecule has 5 heteroatoms. The lowest BCUT2D eigenvalue weighted by molar-refractivity contribution is -0.232. The molecule has 0 aromatic heterocycles. The second kappa shape index (κ2) is 6.28. The molecule has 2 fully saturated rings. The molecule has 1 heterocycles. The largest absolute Gasteiger partial charge is 0.490 e. The Morgan fingerprint density at radius 2 is 1.70 bits per heavy atom. The minimum Gasteiger partial charge on any atom is -0.490 e. The smallest absolute Gasteiger partial charge is 0.348 e.